The molecule has 136 valence electrons. The molecule has 0 unspecified atom stereocenters. The molecule has 3 rings (SSSR count). The van der Waals surface area contributed by atoms with Gasteiger partial charge in [0.2, 0.25) is 5.91 Å². The SMILES string of the molecule is CCOc1ccccc1C(=O)N1CCN(C(=O)C2(N)CCCC2)CC1. The molecule has 1 aliphatic heterocycles. The third-order valence-electron chi connectivity index (χ3n) is 5.19. The molecule has 2 aliphatic rings. The number of benzene rings is 1. The first-order chi connectivity index (χ1) is 12.0. The van der Waals surface area contributed by atoms with Crippen molar-refractivity contribution in [3.05, 3.63) is 29.8 Å². The zero-order valence-corrected chi connectivity index (χ0v) is 14.9. The van der Waals surface area contributed by atoms with Gasteiger partial charge >= 0.3 is 0 Å². The minimum atomic E-state index is -0.687. The summed E-state index contributed by atoms with van der Waals surface area (Å²) >= 11 is 0. The van der Waals surface area contributed by atoms with Crippen LogP contribution in [0.4, 0.5) is 0 Å². The molecule has 6 heteroatoms. The van der Waals surface area contributed by atoms with Crippen LogP contribution in [0, 0.1) is 0 Å². The van der Waals surface area contributed by atoms with Crippen molar-refractivity contribution >= 4 is 11.8 Å². The Bertz CT molecular complexity index is 633. The van der Waals surface area contributed by atoms with Crippen molar-refractivity contribution in [1.82, 2.24) is 9.80 Å². The van der Waals surface area contributed by atoms with E-state index in [1.54, 1.807) is 11.0 Å². The molecule has 0 aromatic heterocycles. The van der Waals surface area contributed by atoms with Crippen molar-refractivity contribution in [3.63, 3.8) is 0 Å². The first-order valence-corrected chi connectivity index (χ1v) is 9.14. The van der Waals surface area contributed by atoms with Gasteiger partial charge in [-0.3, -0.25) is 9.59 Å². The molecule has 0 atom stereocenters. The molecule has 1 aliphatic carbocycles. The first kappa shape index (κ1) is 17.7. The molecule has 2 N–H and O–H groups in total. The molecule has 1 heterocycles. The summed E-state index contributed by atoms with van der Waals surface area (Å²) in [5.74, 6) is 0.617. The largest absolute Gasteiger partial charge is 0.493 e. The van der Waals surface area contributed by atoms with E-state index in [2.05, 4.69) is 0 Å². The number of ether oxygens (including phenoxy) is 1. The quantitative estimate of drug-likeness (QED) is 0.900. The summed E-state index contributed by atoms with van der Waals surface area (Å²) in [5, 5.41) is 0. The van der Waals surface area contributed by atoms with Crippen LogP contribution in [0.2, 0.25) is 0 Å². The average molecular weight is 345 g/mol. The lowest BCUT2D eigenvalue weighted by Gasteiger charge is -2.38. The highest BCUT2D eigenvalue weighted by molar-refractivity contribution is 5.97. The molecule has 6 nitrogen and oxygen atoms in total. The second-order valence-corrected chi connectivity index (χ2v) is 6.88. The molecular formula is C19H27N3O3. The van der Waals surface area contributed by atoms with Crippen LogP contribution >= 0.6 is 0 Å². The van der Waals surface area contributed by atoms with Gasteiger partial charge in [-0.1, -0.05) is 25.0 Å². The summed E-state index contributed by atoms with van der Waals surface area (Å²) < 4.78 is 5.56. The van der Waals surface area contributed by atoms with Gasteiger partial charge < -0.3 is 20.3 Å². The fraction of sp³-hybridized carbons (Fsp3) is 0.579. The number of carbonyl (C=O) groups excluding carboxylic acids is 2. The van der Waals surface area contributed by atoms with E-state index in [0.717, 1.165) is 25.7 Å². The molecule has 2 fully saturated rings. The monoisotopic (exact) mass is 345 g/mol. The number of piperazine rings is 1. The van der Waals surface area contributed by atoms with Gasteiger partial charge in [-0.2, -0.15) is 0 Å². The molecule has 1 saturated heterocycles. The van der Waals surface area contributed by atoms with Gasteiger partial charge in [0.1, 0.15) is 5.75 Å². The maximum absolute atomic E-state index is 12.8. The van der Waals surface area contributed by atoms with Crippen LogP contribution in [0.25, 0.3) is 0 Å². The maximum Gasteiger partial charge on any atom is 0.257 e. The number of rotatable bonds is 4. The molecule has 1 aromatic rings. The standard InChI is InChI=1S/C19H27N3O3/c1-2-25-16-8-4-3-7-15(16)17(23)21-11-13-22(14-12-21)18(24)19(20)9-5-6-10-19/h3-4,7-8H,2,5-6,9-14,20H2,1H3. The number of hydrogen-bond donors (Lipinski definition) is 1. The van der Waals surface area contributed by atoms with E-state index in [0.29, 0.717) is 44.1 Å². The van der Waals surface area contributed by atoms with Gasteiger partial charge in [-0.05, 0) is 31.9 Å². The highest BCUT2D eigenvalue weighted by atomic mass is 16.5. The van der Waals surface area contributed by atoms with Crippen LogP contribution in [0.3, 0.4) is 0 Å². The van der Waals surface area contributed by atoms with Crippen molar-refractivity contribution in [3.8, 4) is 5.75 Å². The van der Waals surface area contributed by atoms with Crippen LogP contribution in [0.5, 0.6) is 5.75 Å². The van der Waals surface area contributed by atoms with Crippen molar-refractivity contribution in [2.24, 2.45) is 5.73 Å². The van der Waals surface area contributed by atoms with E-state index in [4.69, 9.17) is 10.5 Å². The van der Waals surface area contributed by atoms with Crippen LogP contribution in [-0.2, 0) is 4.79 Å². The number of carbonyl (C=O) groups is 2. The third kappa shape index (κ3) is 3.63. The van der Waals surface area contributed by atoms with Gasteiger partial charge in [0, 0.05) is 26.2 Å². The van der Waals surface area contributed by atoms with Gasteiger partial charge in [0.15, 0.2) is 0 Å². The van der Waals surface area contributed by atoms with E-state index >= 15 is 0 Å². The maximum atomic E-state index is 12.8. The lowest BCUT2D eigenvalue weighted by molar-refractivity contribution is -0.138. The Balaban J connectivity index is 1.62. The fourth-order valence-corrected chi connectivity index (χ4v) is 3.74. The van der Waals surface area contributed by atoms with E-state index in [9.17, 15) is 9.59 Å². The Labute approximate surface area is 148 Å². The second-order valence-electron chi connectivity index (χ2n) is 6.88. The molecule has 0 radical (unpaired) electrons. The van der Waals surface area contributed by atoms with E-state index in [1.807, 2.05) is 30.0 Å². The average Bonchev–Trinajstić information content (AvgIpc) is 3.09. The number of hydrogen-bond acceptors (Lipinski definition) is 4. The normalized spacial score (nSPS) is 19.8. The summed E-state index contributed by atoms with van der Waals surface area (Å²) in [6, 6.07) is 7.31. The highest BCUT2D eigenvalue weighted by Gasteiger charge is 2.40. The molecule has 2 amide bonds. The van der Waals surface area contributed by atoms with Crippen molar-refractivity contribution < 1.29 is 14.3 Å². The predicted octanol–water partition coefficient (Wildman–Crippen LogP) is 1.64. The van der Waals surface area contributed by atoms with Gasteiger partial charge in [-0.25, -0.2) is 0 Å². The van der Waals surface area contributed by atoms with Crippen LogP contribution < -0.4 is 10.5 Å². The fourth-order valence-electron chi connectivity index (χ4n) is 3.74. The summed E-state index contributed by atoms with van der Waals surface area (Å²) in [4.78, 5) is 29.1. The van der Waals surface area contributed by atoms with Crippen LogP contribution in [-0.4, -0.2) is 59.9 Å². The lowest BCUT2D eigenvalue weighted by Crippen LogP contribution is -2.59. The minimum absolute atomic E-state index is 0.0422. The Morgan fingerprint density at radius 1 is 1.08 bits per heavy atom. The number of nitrogens with two attached hydrogens (primary N) is 1. The number of para-hydroxylation sites is 1. The Hall–Kier alpha value is -2.08. The second kappa shape index (κ2) is 7.44. The van der Waals surface area contributed by atoms with Crippen LogP contribution in [0.15, 0.2) is 24.3 Å². The molecule has 25 heavy (non-hydrogen) atoms. The summed E-state index contributed by atoms with van der Waals surface area (Å²) in [6.07, 6.45) is 3.59. The highest BCUT2D eigenvalue weighted by Crippen LogP contribution is 2.29. The predicted molar refractivity (Wildman–Crippen MR) is 95.5 cm³/mol. The minimum Gasteiger partial charge on any atom is -0.493 e. The first-order valence-electron chi connectivity index (χ1n) is 9.14. The third-order valence-corrected chi connectivity index (χ3v) is 5.19. The van der Waals surface area contributed by atoms with Crippen molar-refractivity contribution in [2.75, 3.05) is 32.8 Å². The number of nitrogens with zero attached hydrogens (tertiary/aromatic N) is 2. The van der Waals surface area contributed by atoms with E-state index < -0.39 is 5.54 Å². The van der Waals surface area contributed by atoms with Crippen LogP contribution in [0.1, 0.15) is 43.0 Å². The zero-order valence-electron chi connectivity index (χ0n) is 14.9. The summed E-state index contributed by atoms with van der Waals surface area (Å²) in [6.45, 7) is 4.56. The number of amides is 2. The van der Waals surface area contributed by atoms with Gasteiger partial charge in [0.25, 0.3) is 5.91 Å². The molecule has 0 spiro atoms. The molecular weight excluding hydrogens is 318 g/mol. The topological polar surface area (TPSA) is 75.9 Å². The van der Waals surface area contributed by atoms with Gasteiger partial charge in [-0.15, -0.1) is 0 Å². The Morgan fingerprint density at radius 2 is 1.68 bits per heavy atom. The smallest absolute Gasteiger partial charge is 0.257 e. The molecule has 1 saturated carbocycles. The van der Waals surface area contributed by atoms with Crippen molar-refractivity contribution in [2.45, 2.75) is 38.1 Å². The van der Waals surface area contributed by atoms with Gasteiger partial charge in [0.05, 0.1) is 17.7 Å². The Kier molecular flexibility index (Phi) is 5.27. The summed E-state index contributed by atoms with van der Waals surface area (Å²) in [5.41, 5.74) is 6.18. The van der Waals surface area contributed by atoms with E-state index in [1.165, 1.54) is 0 Å². The Morgan fingerprint density at radius 3 is 2.32 bits per heavy atom. The summed E-state index contributed by atoms with van der Waals surface area (Å²) in [7, 11) is 0. The van der Waals surface area contributed by atoms with Crippen molar-refractivity contribution in [1.29, 1.82) is 0 Å². The molecule has 1 aromatic carbocycles. The zero-order chi connectivity index (χ0) is 17.9. The lowest BCUT2D eigenvalue weighted by atomic mass is 9.97. The molecule has 0 bridgehead atoms. The van der Waals surface area contributed by atoms with E-state index in [-0.39, 0.29) is 11.8 Å².